The van der Waals surface area contributed by atoms with E-state index in [0.717, 1.165) is 39.6 Å². The normalized spacial score (nSPS) is 21.0. The molecular formula is C18H39N3. The summed E-state index contributed by atoms with van der Waals surface area (Å²) in [6.45, 7) is 27.8. The van der Waals surface area contributed by atoms with Crippen LogP contribution in [0.2, 0.25) is 0 Å². The molecule has 0 radical (unpaired) electrons. The van der Waals surface area contributed by atoms with E-state index in [1.54, 1.807) is 0 Å². The van der Waals surface area contributed by atoms with Crippen LogP contribution in [0, 0.1) is 16.2 Å². The standard InChI is InChI=1S/C18H39N3/c1-16(2,3)10-19-13-20(11-17(4,5)6)15-21(14-19)12-18(7,8)9/h10-15H2,1-9H3. The summed E-state index contributed by atoms with van der Waals surface area (Å²) >= 11 is 0. The van der Waals surface area contributed by atoms with Crippen LogP contribution in [0.25, 0.3) is 0 Å². The summed E-state index contributed by atoms with van der Waals surface area (Å²) in [6, 6.07) is 0. The minimum atomic E-state index is 0.359. The average molecular weight is 298 g/mol. The summed E-state index contributed by atoms with van der Waals surface area (Å²) in [6.07, 6.45) is 0. The van der Waals surface area contributed by atoms with Gasteiger partial charge in [-0.3, -0.25) is 14.7 Å². The average Bonchev–Trinajstić information content (AvgIpc) is 2.06. The van der Waals surface area contributed by atoms with E-state index in [-0.39, 0.29) is 0 Å². The Hall–Kier alpha value is -0.120. The summed E-state index contributed by atoms with van der Waals surface area (Å²) in [5, 5.41) is 0. The summed E-state index contributed by atoms with van der Waals surface area (Å²) in [4.78, 5) is 7.84. The van der Waals surface area contributed by atoms with E-state index >= 15 is 0 Å². The molecule has 0 amide bonds. The van der Waals surface area contributed by atoms with E-state index in [0.29, 0.717) is 16.2 Å². The predicted molar refractivity (Wildman–Crippen MR) is 93.1 cm³/mol. The van der Waals surface area contributed by atoms with Crippen molar-refractivity contribution in [3.8, 4) is 0 Å². The molecule has 1 aliphatic rings. The van der Waals surface area contributed by atoms with Gasteiger partial charge in [0.05, 0.1) is 20.0 Å². The van der Waals surface area contributed by atoms with Gasteiger partial charge in [-0.25, -0.2) is 0 Å². The largest absolute Gasteiger partial charge is 0.277 e. The van der Waals surface area contributed by atoms with Gasteiger partial charge in [-0.05, 0) is 16.2 Å². The van der Waals surface area contributed by atoms with Gasteiger partial charge in [-0.15, -0.1) is 0 Å². The van der Waals surface area contributed by atoms with E-state index < -0.39 is 0 Å². The fourth-order valence-corrected chi connectivity index (χ4v) is 3.30. The number of hydrogen-bond acceptors (Lipinski definition) is 3. The molecule has 0 atom stereocenters. The van der Waals surface area contributed by atoms with E-state index in [1.807, 2.05) is 0 Å². The van der Waals surface area contributed by atoms with Crippen LogP contribution in [0.4, 0.5) is 0 Å². The molecule has 0 aliphatic carbocycles. The monoisotopic (exact) mass is 297 g/mol. The highest BCUT2D eigenvalue weighted by Crippen LogP contribution is 2.23. The number of rotatable bonds is 3. The fourth-order valence-electron chi connectivity index (χ4n) is 3.30. The Morgan fingerprint density at radius 1 is 0.476 bits per heavy atom. The highest BCUT2D eigenvalue weighted by Gasteiger charge is 2.30. The molecule has 3 nitrogen and oxygen atoms in total. The zero-order valence-electron chi connectivity index (χ0n) is 16.1. The Morgan fingerprint density at radius 3 is 0.810 bits per heavy atom. The minimum absolute atomic E-state index is 0.359. The van der Waals surface area contributed by atoms with Crippen molar-refractivity contribution in [3.63, 3.8) is 0 Å². The molecule has 21 heavy (non-hydrogen) atoms. The van der Waals surface area contributed by atoms with Gasteiger partial charge in [0.2, 0.25) is 0 Å². The van der Waals surface area contributed by atoms with E-state index in [9.17, 15) is 0 Å². The van der Waals surface area contributed by atoms with Gasteiger partial charge in [0.1, 0.15) is 0 Å². The maximum absolute atomic E-state index is 2.61. The zero-order valence-corrected chi connectivity index (χ0v) is 16.1. The highest BCUT2D eigenvalue weighted by molar-refractivity contribution is 4.79. The van der Waals surface area contributed by atoms with Crippen molar-refractivity contribution < 1.29 is 0 Å². The van der Waals surface area contributed by atoms with Crippen molar-refractivity contribution in [2.45, 2.75) is 62.3 Å². The Morgan fingerprint density at radius 2 is 0.667 bits per heavy atom. The van der Waals surface area contributed by atoms with Crippen molar-refractivity contribution in [1.82, 2.24) is 14.7 Å². The van der Waals surface area contributed by atoms with Crippen LogP contribution in [-0.4, -0.2) is 54.3 Å². The molecular weight excluding hydrogens is 258 g/mol. The lowest BCUT2D eigenvalue weighted by Gasteiger charge is -2.47. The summed E-state index contributed by atoms with van der Waals surface area (Å²) in [7, 11) is 0. The molecule has 0 aromatic carbocycles. The van der Waals surface area contributed by atoms with Crippen molar-refractivity contribution in [2.24, 2.45) is 16.2 Å². The Kier molecular flexibility index (Phi) is 5.91. The first-order valence-corrected chi connectivity index (χ1v) is 8.41. The minimum Gasteiger partial charge on any atom is -0.277 e. The number of hydrogen-bond donors (Lipinski definition) is 0. The van der Waals surface area contributed by atoms with Crippen molar-refractivity contribution in [3.05, 3.63) is 0 Å². The summed E-state index contributed by atoms with van der Waals surface area (Å²) in [5.41, 5.74) is 1.08. The van der Waals surface area contributed by atoms with Crippen LogP contribution >= 0.6 is 0 Å². The number of nitrogens with zero attached hydrogens (tertiary/aromatic N) is 3. The molecule has 0 N–H and O–H groups in total. The van der Waals surface area contributed by atoms with Crippen LogP contribution in [0.15, 0.2) is 0 Å². The van der Waals surface area contributed by atoms with Crippen LogP contribution in [0.3, 0.4) is 0 Å². The molecule has 0 aromatic rings. The van der Waals surface area contributed by atoms with Gasteiger partial charge in [-0.2, -0.15) is 0 Å². The Balaban J connectivity index is 2.73. The predicted octanol–water partition coefficient (Wildman–Crippen LogP) is 3.92. The molecule has 1 fully saturated rings. The fraction of sp³-hybridized carbons (Fsp3) is 1.00. The van der Waals surface area contributed by atoms with Gasteiger partial charge in [0.25, 0.3) is 0 Å². The second-order valence-electron chi connectivity index (χ2n) is 10.6. The molecule has 1 rings (SSSR count). The van der Waals surface area contributed by atoms with Crippen molar-refractivity contribution in [2.75, 3.05) is 39.6 Å². The maximum Gasteiger partial charge on any atom is 0.0530 e. The van der Waals surface area contributed by atoms with Gasteiger partial charge >= 0.3 is 0 Å². The third kappa shape index (κ3) is 8.80. The van der Waals surface area contributed by atoms with Gasteiger partial charge < -0.3 is 0 Å². The first kappa shape index (κ1) is 18.9. The molecule has 0 aromatic heterocycles. The molecule has 0 spiro atoms. The van der Waals surface area contributed by atoms with Gasteiger partial charge in [0, 0.05) is 19.6 Å². The smallest absolute Gasteiger partial charge is 0.0530 e. The van der Waals surface area contributed by atoms with Crippen LogP contribution < -0.4 is 0 Å². The molecule has 1 heterocycles. The SMILES string of the molecule is CC(C)(C)CN1CN(CC(C)(C)C)CN(CC(C)(C)C)C1. The van der Waals surface area contributed by atoms with E-state index in [2.05, 4.69) is 77.0 Å². The molecule has 0 unspecified atom stereocenters. The van der Waals surface area contributed by atoms with Gasteiger partial charge in [0.15, 0.2) is 0 Å². The Bertz CT molecular complexity index is 259. The van der Waals surface area contributed by atoms with E-state index in [1.165, 1.54) is 0 Å². The van der Waals surface area contributed by atoms with Crippen LogP contribution in [-0.2, 0) is 0 Å². The second-order valence-corrected chi connectivity index (χ2v) is 10.6. The Labute approximate surface area is 133 Å². The quantitative estimate of drug-likeness (QED) is 0.782. The highest BCUT2D eigenvalue weighted by atomic mass is 15.5. The second kappa shape index (κ2) is 6.55. The third-order valence-corrected chi connectivity index (χ3v) is 3.29. The summed E-state index contributed by atoms with van der Waals surface area (Å²) < 4.78 is 0. The lowest BCUT2D eigenvalue weighted by molar-refractivity contribution is -0.0633. The summed E-state index contributed by atoms with van der Waals surface area (Å²) in [5.74, 6) is 0. The molecule has 1 aliphatic heterocycles. The first-order chi connectivity index (χ1) is 9.23. The molecule has 126 valence electrons. The van der Waals surface area contributed by atoms with Crippen LogP contribution in [0.1, 0.15) is 62.3 Å². The zero-order chi connectivity index (χ0) is 16.5. The molecule has 1 saturated heterocycles. The molecule has 0 saturated carbocycles. The third-order valence-electron chi connectivity index (χ3n) is 3.29. The van der Waals surface area contributed by atoms with Crippen molar-refractivity contribution >= 4 is 0 Å². The van der Waals surface area contributed by atoms with E-state index in [4.69, 9.17) is 0 Å². The van der Waals surface area contributed by atoms with Crippen molar-refractivity contribution in [1.29, 1.82) is 0 Å². The molecule has 3 heteroatoms. The maximum atomic E-state index is 2.61. The lowest BCUT2D eigenvalue weighted by atomic mass is 9.94. The topological polar surface area (TPSA) is 9.72 Å². The first-order valence-electron chi connectivity index (χ1n) is 8.41. The lowest BCUT2D eigenvalue weighted by Crippen LogP contribution is -2.58. The van der Waals surface area contributed by atoms with Gasteiger partial charge in [-0.1, -0.05) is 62.3 Å². The van der Waals surface area contributed by atoms with Crippen LogP contribution in [0.5, 0.6) is 0 Å². The molecule has 0 bridgehead atoms.